The molecule has 0 aliphatic heterocycles. The van der Waals surface area contributed by atoms with E-state index in [1.807, 2.05) is 32.0 Å². The molecule has 1 amide bonds. The van der Waals surface area contributed by atoms with Crippen molar-refractivity contribution < 1.29 is 4.79 Å². The Morgan fingerprint density at radius 1 is 1.42 bits per heavy atom. The Hall–Kier alpha value is -1.35. The molecule has 1 aliphatic carbocycles. The van der Waals surface area contributed by atoms with Crippen LogP contribution in [0.25, 0.3) is 0 Å². The summed E-state index contributed by atoms with van der Waals surface area (Å²) in [7, 11) is 0. The number of carbonyl (C=O) groups is 1. The van der Waals surface area contributed by atoms with Crippen LogP contribution in [0.15, 0.2) is 18.2 Å². The molecule has 2 atom stereocenters. The van der Waals surface area contributed by atoms with E-state index in [9.17, 15) is 4.79 Å². The third-order valence-corrected chi connectivity index (χ3v) is 4.34. The van der Waals surface area contributed by atoms with Gasteiger partial charge >= 0.3 is 0 Å². The molecule has 1 fully saturated rings. The van der Waals surface area contributed by atoms with E-state index >= 15 is 0 Å². The number of rotatable bonds is 2. The van der Waals surface area contributed by atoms with E-state index in [1.165, 1.54) is 12.0 Å². The van der Waals surface area contributed by atoms with Crippen molar-refractivity contribution in [2.75, 3.05) is 5.32 Å². The summed E-state index contributed by atoms with van der Waals surface area (Å²) in [5.41, 5.74) is 8.79. The number of nitrogens with two attached hydrogens (primary N) is 1. The van der Waals surface area contributed by atoms with Crippen LogP contribution >= 0.6 is 0 Å². The Kier molecular flexibility index (Phi) is 3.95. The van der Waals surface area contributed by atoms with Crippen molar-refractivity contribution in [2.45, 2.75) is 52.0 Å². The maximum Gasteiger partial charge on any atom is 0.244 e. The summed E-state index contributed by atoms with van der Waals surface area (Å²) in [6.07, 6.45) is 3.78. The standard InChI is InChI=1S/C16H24N2O/c1-11-6-5-9-16(17,10-11)15(19)18-14-8-4-7-12(2)13(14)3/h4,7-8,11H,5-6,9-10,17H2,1-3H3,(H,18,19). The first-order chi connectivity index (χ1) is 8.92. The average molecular weight is 260 g/mol. The molecule has 1 aromatic rings. The average Bonchev–Trinajstić information content (AvgIpc) is 2.34. The second-order valence-corrected chi connectivity index (χ2v) is 6.06. The molecule has 1 aromatic carbocycles. The molecule has 0 heterocycles. The van der Waals surface area contributed by atoms with Gasteiger partial charge in [0.25, 0.3) is 0 Å². The molecular formula is C16H24N2O. The van der Waals surface area contributed by atoms with Crippen molar-refractivity contribution in [3.63, 3.8) is 0 Å². The van der Waals surface area contributed by atoms with Gasteiger partial charge in [-0.05, 0) is 49.8 Å². The number of benzene rings is 1. The third-order valence-electron chi connectivity index (χ3n) is 4.34. The molecule has 0 saturated heterocycles. The van der Waals surface area contributed by atoms with E-state index in [0.717, 1.165) is 30.5 Å². The Bertz CT molecular complexity index is 484. The third kappa shape index (κ3) is 2.98. The van der Waals surface area contributed by atoms with Crippen molar-refractivity contribution in [1.82, 2.24) is 0 Å². The lowest BCUT2D eigenvalue weighted by Gasteiger charge is -2.35. The highest BCUT2D eigenvalue weighted by Gasteiger charge is 2.38. The summed E-state index contributed by atoms with van der Waals surface area (Å²) >= 11 is 0. The molecule has 3 heteroatoms. The molecule has 0 radical (unpaired) electrons. The minimum absolute atomic E-state index is 0.0345. The van der Waals surface area contributed by atoms with E-state index in [4.69, 9.17) is 5.73 Å². The van der Waals surface area contributed by atoms with E-state index < -0.39 is 5.54 Å². The summed E-state index contributed by atoms with van der Waals surface area (Å²) in [5, 5.41) is 3.02. The lowest BCUT2D eigenvalue weighted by Crippen LogP contribution is -2.53. The predicted octanol–water partition coefficient (Wildman–Crippen LogP) is 3.15. The summed E-state index contributed by atoms with van der Waals surface area (Å²) in [5.74, 6) is 0.496. The topological polar surface area (TPSA) is 55.1 Å². The van der Waals surface area contributed by atoms with Gasteiger partial charge in [-0.1, -0.05) is 31.9 Å². The molecule has 3 N–H and O–H groups in total. The Labute approximate surface area is 115 Å². The monoisotopic (exact) mass is 260 g/mol. The van der Waals surface area contributed by atoms with Crippen LogP contribution in [0.4, 0.5) is 5.69 Å². The first kappa shape index (κ1) is 14.1. The molecular weight excluding hydrogens is 236 g/mol. The smallest absolute Gasteiger partial charge is 0.244 e. The summed E-state index contributed by atoms with van der Waals surface area (Å²) < 4.78 is 0. The van der Waals surface area contributed by atoms with Crippen molar-refractivity contribution in [3.05, 3.63) is 29.3 Å². The second kappa shape index (κ2) is 5.33. The minimum atomic E-state index is -0.701. The fourth-order valence-electron chi connectivity index (χ4n) is 2.93. The quantitative estimate of drug-likeness (QED) is 0.858. The van der Waals surface area contributed by atoms with Gasteiger partial charge in [0.2, 0.25) is 5.91 Å². The number of carbonyl (C=O) groups excluding carboxylic acids is 1. The Morgan fingerprint density at radius 2 is 2.16 bits per heavy atom. The lowest BCUT2D eigenvalue weighted by atomic mass is 9.76. The SMILES string of the molecule is Cc1cccc(NC(=O)C2(N)CCCC(C)C2)c1C. The van der Waals surface area contributed by atoms with Gasteiger partial charge in [0.1, 0.15) is 0 Å². The van der Waals surface area contributed by atoms with Gasteiger partial charge in [0.05, 0.1) is 5.54 Å². The van der Waals surface area contributed by atoms with Gasteiger partial charge in [-0.2, -0.15) is 0 Å². The molecule has 3 nitrogen and oxygen atoms in total. The van der Waals surface area contributed by atoms with E-state index in [0.29, 0.717) is 5.92 Å². The number of hydrogen-bond donors (Lipinski definition) is 2. The number of hydrogen-bond acceptors (Lipinski definition) is 2. The van der Waals surface area contributed by atoms with Gasteiger partial charge < -0.3 is 11.1 Å². The van der Waals surface area contributed by atoms with Gasteiger partial charge in [-0.25, -0.2) is 0 Å². The van der Waals surface area contributed by atoms with Gasteiger partial charge in [0, 0.05) is 5.69 Å². The van der Waals surface area contributed by atoms with Crippen LogP contribution in [0.3, 0.4) is 0 Å². The van der Waals surface area contributed by atoms with Crippen molar-refractivity contribution in [1.29, 1.82) is 0 Å². The fraction of sp³-hybridized carbons (Fsp3) is 0.562. The zero-order valence-electron chi connectivity index (χ0n) is 12.1. The normalized spacial score (nSPS) is 27.1. The van der Waals surface area contributed by atoms with Crippen LogP contribution in [0.5, 0.6) is 0 Å². The van der Waals surface area contributed by atoms with E-state index in [-0.39, 0.29) is 5.91 Å². The van der Waals surface area contributed by atoms with Gasteiger partial charge in [-0.15, -0.1) is 0 Å². The van der Waals surface area contributed by atoms with E-state index in [1.54, 1.807) is 0 Å². The van der Waals surface area contributed by atoms with Crippen molar-refractivity contribution in [3.8, 4) is 0 Å². The first-order valence-corrected chi connectivity index (χ1v) is 7.09. The summed E-state index contributed by atoms with van der Waals surface area (Å²) in [4.78, 5) is 12.5. The van der Waals surface area contributed by atoms with Crippen LogP contribution in [0, 0.1) is 19.8 Å². The molecule has 1 aliphatic rings. The Morgan fingerprint density at radius 3 is 2.84 bits per heavy atom. The maximum absolute atomic E-state index is 12.5. The van der Waals surface area contributed by atoms with Crippen LogP contribution in [-0.4, -0.2) is 11.4 Å². The van der Waals surface area contributed by atoms with Crippen molar-refractivity contribution in [2.24, 2.45) is 11.7 Å². The molecule has 0 aromatic heterocycles. The minimum Gasteiger partial charge on any atom is -0.324 e. The second-order valence-electron chi connectivity index (χ2n) is 6.06. The highest BCUT2D eigenvalue weighted by molar-refractivity contribution is 5.98. The summed E-state index contributed by atoms with van der Waals surface area (Å²) in [6.45, 7) is 6.25. The number of nitrogens with one attached hydrogen (secondary N) is 1. The number of amides is 1. The molecule has 104 valence electrons. The predicted molar refractivity (Wildman–Crippen MR) is 79.1 cm³/mol. The molecule has 2 rings (SSSR count). The first-order valence-electron chi connectivity index (χ1n) is 7.09. The van der Waals surface area contributed by atoms with Gasteiger partial charge in [-0.3, -0.25) is 4.79 Å². The number of aryl methyl sites for hydroxylation is 1. The van der Waals surface area contributed by atoms with Crippen LogP contribution in [0.2, 0.25) is 0 Å². The van der Waals surface area contributed by atoms with Gasteiger partial charge in [0.15, 0.2) is 0 Å². The number of anilines is 1. The fourth-order valence-corrected chi connectivity index (χ4v) is 2.93. The largest absolute Gasteiger partial charge is 0.324 e. The summed E-state index contributed by atoms with van der Waals surface area (Å²) in [6, 6.07) is 5.95. The lowest BCUT2D eigenvalue weighted by molar-refractivity contribution is -0.122. The van der Waals surface area contributed by atoms with E-state index in [2.05, 4.69) is 12.2 Å². The van der Waals surface area contributed by atoms with Crippen LogP contribution in [-0.2, 0) is 4.79 Å². The Balaban J connectivity index is 2.14. The van der Waals surface area contributed by atoms with Crippen LogP contribution < -0.4 is 11.1 Å². The zero-order chi connectivity index (χ0) is 14.0. The zero-order valence-corrected chi connectivity index (χ0v) is 12.1. The molecule has 0 bridgehead atoms. The highest BCUT2D eigenvalue weighted by Crippen LogP contribution is 2.31. The molecule has 1 saturated carbocycles. The molecule has 0 spiro atoms. The van der Waals surface area contributed by atoms with Crippen LogP contribution in [0.1, 0.15) is 43.7 Å². The maximum atomic E-state index is 12.5. The molecule has 2 unspecified atom stereocenters. The molecule has 19 heavy (non-hydrogen) atoms. The highest BCUT2D eigenvalue weighted by atomic mass is 16.2. The van der Waals surface area contributed by atoms with Crippen molar-refractivity contribution >= 4 is 11.6 Å².